The second kappa shape index (κ2) is 8.32. The first kappa shape index (κ1) is 22.2. The van der Waals surface area contributed by atoms with Gasteiger partial charge in [0.05, 0.1) is 28.5 Å². The summed E-state index contributed by atoms with van der Waals surface area (Å²) in [7, 11) is 1.31. The van der Waals surface area contributed by atoms with Crippen LogP contribution in [0.15, 0.2) is 59.5 Å². The molecule has 1 aliphatic heterocycles. The van der Waals surface area contributed by atoms with Gasteiger partial charge in [0, 0.05) is 16.0 Å². The molecule has 7 heteroatoms. The lowest BCUT2D eigenvalue weighted by Crippen LogP contribution is -2.45. The van der Waals surface area contributed by atoms with E-state index in [2.05, 4.69) is 0 Å². The van der Waals surface area contributed by atoms with Crippen LogP contribution in [0.1, 0.15) is 25.0 Å². The van der Waals surface area contributed by atoms with E-state index in [4.69, 9.17) is 27.9 Å². The molecule has 0 saturated carbocycles. The third-order valence-corrected chi connectivity index (χ3v) is 7.42. The molecule has 0 aliphatic carbocycles. The Balaban J connectivity index is 2.06. The van der Waals surface area contributed by atoms with E-state index in [0.717, 1.165) is 0 Å². The van der Waals surface area contributed by atoms with E-state index in [1.807, 2.05) is 0 Å². The summed E-state index contributed by atoms with van der Waals surface area (Å²) in [4.78, 5) is 12.6. The van der Waals surface area contributed by atoms with Crippen LogP contribution in [0.4, 0.5) is 0 Å². The lowest BCUT2D eigenvalue weighted by Gasteiger charge is -2.40. The van der Waals surface area contributed by atoms with Crippen molar-refractivity contribution >= 4 is 40.9 Å². The Morgan fingerprint density at radius 2 is 1.38 bits per heavy atom. The molecular weight excluding hydrogens is 431 g/mol. The number of benzene rings is 2. The number of aliphatic hydroxyl groups is 2. The van der Waals surface area contributed by atoms with Gasteiger partial charge in [0.1, 0.15) is 0 Å². The highest BCUT2D eigenvalue weighted by molar-refractivity contribution is 8.04. The molecule has 1 heterocycles. The van der Waals surface area contributed by atoms with Gasteiger partial charge >= 0.3 is 5.97 Å². The van der Waals surface area contributed by atoms with Crippen molar-refractivity contribution in [3.63, 3.8) is 0 Å². The average molecular weight is 453 g/mol. The van der Waals surface area contributed by atoms with Crippen molar-refractivity contribution in [1.29, 1.82) is 0 Å². The first-order valence-electron chi connectivity index (χ1n) is 9.01. The number of carbonyl (C=O) groups is 1. The number of halogens is 2. The predicted molar refractivity (Wildman–Crippen MR) is 117 cm³/mol. The van der Waals surface area contributed by atoms with Gasteiger partial charge in [-0.1, -0.05) is 53.5 Å². The topological polar surface area (TPSA) is 66.8 Å². The highest BCUT2D eigenvalue weighted by Gasteiger charge is 2.51. The van der Waals surface area contributed by atoms with Gasteiger partial charge < -0.3 is 14.9 Å². The van der Waals surface area contributed by atoms with Gasteiger partial charge in [-0.2, -0.15) is 0 Å². The van der Waals surface area contributed by atoms with Crippen LogP contribution in [0, 0.1) is 5.92 Å². The van der Waals surface area contributed by atoms with Crippen LogP contribution in [-0.2, 0) is 20.7 Å². The van der Waals surface area contributed by atoms with E-state index in [0.29, 0.717) is 26.1 Å². The Labute approximate surface area is 184 Å². The summed E-state index contributed by atoms with van der Waals surface area (Å²) >= 11 is 13.2. The van der Waals surface area contributed by atoms with Crippen LogP contribution in [0.5, 0.6) is 0 Å². The number of hydrogen-bond acceptors (Lipinski definition) is 5. The summed E-state index contributed by atoms with van der Waals surface area (Å²) in [6.45, 7) is 3.34. The maximum Gasteiger partial charge on any atom is 0.344 e. The van der Waals surface area contributed by atoms with Crippen molar-refractivity contribution in [3.05, 3.63) is 80.7 Å². The molecule has 0 spiro atoms. The van der Waals surface area contributed by atoms with Gasteiger partial charge in [0.2, 0.25) is 0 Å². The quantitative estimate of drug-likeness (QED) is 0.631. The number of ether oxygens (including phenoxy) is 1. The maximum atomic E-state index is 12.2. The predicted octanol–water partition coefficient (Wildman–Crippen LogP) is 4.90. The van der Waals surface area contributed by atoms with Crippen molar-refractivity contribution in [2.45, 2.75) is 30.3 Å². The molecule has 1 aliphatic rings. The molecule has 0 radical (unpaired) electrons. The maximum absolute atomic E-state index is 12.2. The molecule has 29 heavy (non-hydrogen) atoms. The van der Waals surface area contributed by atoms with Crippen LogP contribution in [0.25, 0.3) is 0 Å². The van der Waals surface area contributed by atoms with E-state index in [1.54, 1.807) is 68.5 Å². The first-order valence-corrected chi connectivity index (χ1v) is 10.6. The Morgan fingerprint density at radius 1 is 0.931 bits per heavy atom. The molecule has 0 fully saturated rings. The third-order valence-electron chi connectivity index (χ3n) is 5.36. The highest BCUT2D eigenvalue weighted by atomic mass is 35.5. The molecular formula is C22H22Cl2O4S. The summed E-state index contributed by atoms with van der Waals surface area (Å²) in [5, 5.41) is 23.5. The summed E-state index contributed by atoms with van der Waals surface area (Å²) in [6.07, 6.45) is 1.68. The smallest absolute Gasteiger partial charge is 0.344 e. The van der Waals surface area contributed by atoms with Crippen LogP contribution >= 0.6 is 35.0 Å². The average Bonchev–Trinajstić information content (AvgIpc) is 3.15. The molecule has 4 atom stereocenters. The molecule has 154 valence electrons. The summed E-state index contributed by atoms with van der Waals surface area (Å²) in [6, 6.07) is 13.8. The molecule has 4 nitrogen and oxygen atoms in total. The highest BCUT2D eigenvalue weighted by Crippen LogP contribution is 2.52. The number of carbonyl (C=O) groups excluding carboxylic acids is 1. The number of esters is 1. The van der Waals surface area contributed by atoms with Gasteiger partial charge in [-0.05, 0) is 49.2 Å². The van der Waals surface area contributed by atoms with E-state index in [1.165, 1.54) is 18.9 Å². The molecule has 0 amide bonds. The monoisotopic (exact) mass is 452 g/mol. The molecule has 0 saturated heterocycles. The van der Waals surface area contributed by atoms with Crippen LogP contribution in [0.2, 0.25) is 10.0 Å². The summed E-state index contributed by atoms with van der Waals surface area (Å²) in [5.74, 6) is -1.07. The standard InChI is InChI=1S/C22H22Cl2O4S/c1-21(26,13-4-8-15(23)9-5-13)17-12-18(20(25)28-3)29-19(17)22(2,27)14-6-10-16(24)11-7-14/h4-12,17,19,26-27H,1-3H3/t17-,19-,21?,22?/m0/s1. The second-order valence-electron chi connectivity index (χ2n) is 7.40. The third kappa shape index (κ3) is 4.35. The lowest BCUT2D eigenvalue weighted by atomic mass is 9.74. The number of hydrogen-bond donors (Lipinski definition) is 2. The Hall–Kier alpha value is -1.50. The minimum absolute atomic E-state index is 0.353. The fourth-order valence-electron chi connectivity index (χ4n) is 3.57. The Kier molecular flexibility index (Phi) is 6.37. The SMILES string of the molecule is COC(=O)C1=C[C@H](C(C)(O)c2ccc(Cl)cc2)[C@@H](C(C)(O)c2ccc(Cl)cc2)S1. The molecule has 2 aromatic carbocycles. The number of thioether (sulfide) groups is 1. The molecule has 3 rings (SSSR count). The Bertz CT molecular complexity index is 921. The second-order valence-corrected chi connectivity index (χ2v) is 9.45. The normalized spacial score (nSPS) is 23.1. The van der Waals surface area contributed by atoms with Crippen molar-refractivity contribution < 1.29 is 19.7 Å². The van der Waals surface area contributed by atoms with Gasteiger partial charge in [0.15, 0.2) is 0 Å². The van der Waals surface area contributed by atoms with E-state index in [9.17, 15) is 15.0 Å². The fraction of sp³-hybridized carbons (Fsp3) is 0.318. The number of methoxy groups -OCH3 is 1. The van der Waals surface area contributed by atoms with Gasteiger partial charge in [-0.15, -0.1) is 11.8 Å². The Morgan fingerprint density at radius 3 is 1.83 bits per heavy atom. The summed E-state index contributed by atoms with van der Waals surface area (Å²) < 4.78 is 4.87. The molecule has 0 bridgehead atoms. The van der Waals surface area contributed by atoms with E-state index >= 15 is 0 Å². The van der Waals surface area contributed by atoms with Gasteiger partial charge in [0.25, 0.3) is 0 Å². The zero-order valence-electron chi connectivity index (χ0n) is 16.2. The molecule has 2 aromatic rings. The first-order chi connectivity index (χ1) is 13.6. The van der Waals surface area contributed by atoms with Crippen LogP contribution in [0.3, 0.4) is 0 Å². The van der Waals surface area contributed by atoms with Crippen molar-refractivity contribution in [3.8, 4) is 0 Å². The van der Waals surface area contributed by atoms with Crippen LogP contribution in [-0.4, -0.2) is 28.5 Å². The zero-order valence-corrected chi connectivity index (χ0v) is 18.6. The number of rotatable bonds is 5. The molecule has 2 unspecified atom stereocenters. The molecule has 2 N–H and O–H groups in total. The lowest BCUT2D eigenvalue weighted by molar-refractivity contribution is -0.135. The van der Waals surface area contributed by atoms with Crippen molar-refractivity contribution in [2.24, 2.45) is 5.92 Å². The largest absolute Gasteiger partial charge is 0.465 e. The van der Waals surface area contributed by atoms with E-state index in [-0.39, 0.29) is 0 Å². The van der Waals surface area contributed by atoms with Crippen molar-refractivity contribution in [1.82, 2.24) is 0 Å². The minimum Gasteiger partial charge on any atom is -0.465 e. The minimum atomic E-state index is -1.37. The van der Waals surface area contributed by atoms with Crippen LogP contribution < -0.4 is 0 Å². The van der Waals surface area contributed by atoms with Gasteiger partial charge in [-0.25, -0.2) is 4.79 Å². The summed E-state index contributed by atoms with van der Waals surface area (Å²) in [5.41, 5.74) is -1.46. The van der Waals surface area contributed by atoms with Gasteiger partial charge in [-0.3, -0.25) is 0 Å². The zero-order chi connectivity index (χ0) is 21.4. The fourth-order valence-corrected chi connectivity index (χ4v) is 5.36. The van der Waals surface area contributed by atoms with Crippen molar-refractivity contribution in [2.75, 3.05) is 7.11 Å². The molecule has 0 aromatic heterocycles. The van der Waals surface area contributed by atoms with E-state index < -0.39 is 28.3 Å².